The molecule has 0 radical (unpaired) electrons. The first-order valence-corrected chi connectivity index (χ1v) is 20.2. The molecule has 3 fully saturated rings. The molecular weight excluding hydrogens is 932 g/mol. The summed E-state index contributed by atoms with van der Waals surface area (Å²) in [6.07, 6.45) is -29.6. The number of hydrogen-bond donors (Lipinski definition) is 12. The number of aliphatic carboxylic acids is 3. The van der Waals surface area contributed by atoms with E-state index >= 15 is 0 Å². The lowest BCUT2D eigenvalue weighted by Gasteiger charge is -2.45. The molecule has 15 unspecified atom stereocenters. The molecule has 69 heavy (non-hydrogen) atoms. The second-order valence-corrected chi connectivity index (χ2v) is 15.5. The van der Waals surface area contributed by atoms with Gasteiger partial charge in [-0.1, -0.05) is 6.07 Å². The summed E-state index contributed by atoms with van der Waals surface area (Å²) in [4.78, 5) is 61.9. The number of aromatic hydroxyl groups is 2. The van der Waals surface area contributed by atoms with Gasteiger partial charge in [-0.25, -0.2) is 19.2 Å². The number of fused-ring (bicyclic) bond motifs is 1. The number of phenols is 2. The van der Waals surface area contributed by atoms with E-state index < -0.39 is 127 Å². The molecule has 26 nitrogen and oxygen atoms in total. The standard InChI is InChI=1S/C43H42O26/c1-61-22-10-14(2-8-18(22)44)3-9-24(47)65-36-30(52)28(50)35(40(59)60)68-43(36)69-37-31(53)29(51)34(39(57)58)67-42(37)62-16-6-4-15(5-7-16)21-13-20(46)25-19(45)11-17(12-23(25)64-21)63-41-32(54)26(48)27(49)33(66-41)38(55)56/h2-13,26-37,41-45,48-54H,1H3,(H,55,56)(H,57,58)(H,59,60). The van der Waals surface area contributed by atoms with Crippen molar-refractivity contribution in [1.29, 1.82) is 0 Å². The first-order chi connectivity index (χ1) is 32.7. The fourth-order valence-electron chi connectivity index (χ4n) is 7.42. The van der Waals surface area contributed by atoms with E-state index in [0.29, 0.717) is 5.56 Å². The van der Waals surface area contributed by atoms with E-state index in [2.05, 4.69) is 0 Å². The van der Waals surface area contributed by atoms with Gasteiger partial charge in [0.15, 0.2) is 53.7 Å². The zero-order valence-corrected chi connectivity index (χ0v) is 35.2. The van der Waals surface area contributed by atoms with E-state index in [1.807, 2.05) is 0 Å². The number of carboxylic acid groups (broad SMARTS) is 3. The van der Waals surface area contributed by atoms with Crippen molar-refractivity contribution in [2.45, 2.75) is 92.1 Å². The lowest BCUT2D eigenvalue weighted by Crippen LogP contribution is -2.66. The van der Waals surface area contributed by atoms with Gasteiger partial charge >= 0.3 is 23.9 Å². The van der Waals surface area contributed by atoms with Crippen molar-refractivity contribution in [2.24, 2.45) is 0 Å². The number of phenolic OH excluding ortho intramolecular Hbond substituents is 2. The highest BCUT2D eigenvalue weighted by atomic mass is 16.8. The lowest BCUT2D eigenvalue weighted by atomic mass is 9.96. The van der Waals surface area contributed by atoms with Gasteiger partial charge in [0, 0.05) is 29.8 Å². The number of carbonyl (C=O) groups is 4. The van der Waals surface area contributed by atoms with E-state index in [9.17, 15) is 85.3 Å². The van der Waals surface area contributed by atoms with E-state index in [1.54, 1.807) is 0 Å². The van der Waals surface area contributed by atoms with Gasteiger partial charge in [0.1, 0.15) is 76.7 Å². The molecule has 3 aliphatic rings. The molecule has 0 aliphatic carbocycles. The molecule has 12 N–H and O–H groups in total. The Bertz CT molecular complexity index is 2650. The number of aliphatic hydroxyl groups is 7. The van der Waals surface area contributed by atoms with Gasteiger partial charge < -0.3 is 104 Å². The first-order valence-electron chi connectivity index (χ1n) is 20.2. The Kier molecular flexibility index (Phi) is 14.7. The van der Waals surface area contributed by atoms with Crippen LogP contribution in [0.25, 0.3) is 28.4 Å². The molecule has 0 saturated carbocycles. The highest BCUT2D eigenvalue weighted by molar-refractivity contribution is 5.88. The van der Waals surface area contributed by atoms with Crippen LogP contribution < -0.4 is 19.6 Å². The molecule has 0 amide bonds. The van der Waals surface area contributed by atoms with Gasteiger partial charge in [0.25, 0.3) is 0 Å². The third-order valence-electron chi connectivity index (χ3n) is 11.0. The summed E-state index contributed by atoms with van der Waals surface area (Å²) in [5, 5.41) is 123. The molecule has 0 spiro atoms. The molecule has 370 valence electrons. The van der Waals surface area contributed by atoms with Crippen LogP contribution in [0.2, 0.25) is 0 Å². The SMILES string of the molecule is COc1cc(C=CC(=O)OC2C(OC3C(Oc4ccc(-c5cc(=O)c6c(O)cc(OC7OC(C(=O)O)C(O)C(O)C7O)cc6o5)cc4)OC(C(=O)O)C(O)C3O)OC(C(=O)O)C(O)C2O)ccc1O. The molecule has 0 bridgehead atoms. The van der Waals surface area contributed by atoms with Crippen LogP contribution in [0.5, 0.6) is 28.7 Å². The monoisotopic (exact) mass is 974 g/mol. The van der Waals surface area contributed by atoms with Crippen molar-refractivity contribution in [3.05, 3.63) is 82.5 Å². The van der Waals surface area contributed by atoms with Gasteiger partial charge in [-0.15, -0.1) is 0 Å². The van der Waals surface area contributed by atoms with Crippen LogP contribution in [-0.4, -0.2) is 184 Å². The predicted octanol–water partition coefficient (Wildman–Crippen LogP) is -2.40. The van der Waals surface area contributed by atoms with E-state index in [0.717, 1.165) is 24.3 Å². The number of methoxy groups -OCH3 is 1. The fraction of sp³-hybridized carbons (Fsp3) is 0.372. The summed E-state index contributed by atoms with van der Waals surface area (Å²) in [6.45, 7) is 0. The minimum absolute atomic E-state index is 0.0513. The zero-order valence-electron chi connectivity index (χ0n) is 35.2. The summed E-state index contributed by atoms with van der Waals surface area (Å²) in [5.41, 5.74) is -0.606. The Morgan fingerprint density at radius 2 is 1.16 bits per heavy atom. The lowest BCUT2D eigenvalue weighted by molar-refractivity contribution is -0.350. The number of aliphatic hydroxyl groups excluding tert-OH is 7. The second kappa shape index (κ2) is 20.3. The molecule has 4 heterocycles. The predicted molar refractivity (Wildman–Crippen MR) is 220 cm³/mol. The Morgan fingerprint density at radius 3 is 1.77 bits per heavy atom. The first kappa shape index (κ1) is 49.9. The van der Waals surface area contributed by atoms with E-state index in [-0.39, 0.29) is 45.3 Å². The fourth-order valence-corrected chi connectivity index (χ4v) is 7.42. The third-order valence-corrected chi connectivity index (χ3v) is 11.0. The van der Waals surface area contributed by atoms with Crippen molar-refractivity contribution in [1.82, 2.24) is 0 Å². The highest BCUT2D eigenvalue weighted by Crippen LogP contribution is 2.36. The van der Waals surface area contributed by atoms with Gasteiger partial charge in [-0.3, -0.25) is 4.79 Å². The van der Waals surface area contributed by atoms with Crippen molar-refractivity contribution < 1.29 is 123 Å². The topological polar surface area (TPSA) is 415 Å². The van der Waals surface area contributed by atoms with E-state index in [1.165, 1.54) is 55.7 Å². The van der Waals surface area contributed by atoms with Gasteiger partial charge in [0.2, 0.25) is 12.6 Å². The Morgan fingerprint density at radius 1 is 0.594 bits per heavy atom. The van der Waals surface area contributed by atoms with Gasteiger partial charge in [-0.05, 0) is 48.0 Å². The minimum atomic E-state index is -2.25. The van der Waals surface area contributed by atoms with Crippen LogP contribution in [0.4, 0.5) is 0 Å². The van der Waals surface area contributed by atoms with Crippen LogP contribution in [-0.2, 0) is 42.9 Å². The van der Waals surface area contributed by atoms with Crippen molar-refractivity contribution in [3.8, 4) is 40.1 Å². The molecule has 7 rings (SSSR count). The number of hydrogen-bond acceptors (Lipinski definition) is 23. The second-order valence-electron chi connectivity index (χ2n) is 15.5. The Balaban J connectivity index is 1.13. The largest absolute Gasteiger partial charge is 0.507 e. The molecular formula is C43H42O26. The van der Waals surface area contributed by atoms with Crippen LogP contribution in [0.1, 0.15) is 5.56 Å². The van der Waals surface area contributed by atoms with Gasteiger partial charge in [0.05, 0.1) is 7.11 Å². The van der Waals surface area contributed by atoms with Crippen LogP contribution in [0.15, 0.2) is 76.0 Å². The average molecular weight is 975 g/mol. The van der Waals surface area contributed by atoms with Crippen LogP contribution in [0.3, 0.4) is 0 Å². The maximum absolute atomic E-state index is 13.2. The maximum atomic E-state index is 13.2. The zero-order chi connectivity index (χ0) is 50.2. The third kappa shape index (κ3) is 10.4. The quantitative estimate of drug-likeness (QED) is 0.0463. The summed E-state index contributed by atoms with van der Waals surface area (Å²) in [5.74, 6) is -8.00. The molecule has 3 aliphatic heterocycles. The van der Waals surface area contributed by atoms with Crippen LogP contribution >= 0.6 is 0 Å². The minimum Gasteiger partial charge on any atom is -0.507 e. The van der Waals surface area contributed by atoms with Crippen LogP contribution in [0, 0.1) is 0 Å². The number of carboxylic acids is 3. The molecule has 3 aromatic carbocycles. The molecule has 4 aromatic rings. The highest BCUT2D eigenvalue weighted by Gasteiger charge is 2.55. The maximum Gasteiger partial charge on any atom is 0.335 e. The normalized spacial score (nSPS) is 31.4. The number of esters is 1. The average Bonchev–Trinajstić information content (AvgIpc) is 3.30. The summed E-state index contributed by atoms with van der Waals surface area (Å²) < 4.78 is 49.3. The van der Waals surface area contributed by atoms with Crippen molar-refractivity contribution in [2.75, 3.05) is 7.11 Å². The summed E-state index contributed by atoms with van der Waals surface area (Å²) >= 11 is 0. The molecule has 1 aromatic heterocycles. The summed E-state index contributed by atoms with van der Waals surface area (Å²) in [6, 6.07) is 12.1. The van der Waals surface area contributed by atoms with Gasteiger partial charge in [-0.2, -0.15) is 0 Å². The Labute approximate surface area is 385 Å². The number of carbonyl (C=O) groups excluding carboxylic acids is 1. The molecule has 3 saturated heterocycles. The van der Waals surface area contributed by atoms with Crippen molar-refractivity contribution in [3.63, 3.8) is 0 Å². The number of ether oxygens (including phenoxy) is 8. The van der Waals surface area contributed by atoms with E-state index in [4.69, 9.17) is 42.3 Å². The molecule has 15 atom stereocenters. The molecule has 26 heteroatoms. The smallest absolute Gasteiger partial charge is 0.335 e. The van der Waals surface area contributed by atoms with Crippen molar-refractivity contribution >= 4 is 40.9 Å². The Hall–Kier alpha value is -6.95. The number of rotatable bonds is 14. The number of benzene rings is 3. The summed E-state index contributed by atoms with van der Waals surface area (Å²) in [7, 11) is 1.28.